The maximum Gasteiger partial charge on any atom is 0.321 e. The molecule has 3 rings (SSSR count). The molecular weight excluding hydrogens is 298 g/mol. The van der Waals surface area contributed by atoms with E-state index in [1.165, 1.54) is 6.26 Å². The molecule has 2 aromatic heterocycles. The van der Waals surface area contributed by atoms with Crippen molar-refractivity contribution in [3.8, 4) is 0 Å². The second-order valence-electron chi connectivity index (χ2n) is 5.58. The Kier molecular flexibility index (Phi) is 4.31. The van der Waals surface area contributed by atoms with Crippen LogP contribution in [0.4, 0.5) is 10.5 Å². The average Bonchev–Trinajstić information content (AvgIpc) is 3.19. The van der Waals surface area contributed by atoms with Gasteiger partial charge in [-0.05, 0) is 25.8 Å². The zero-order chi connectivity index (χ0) is 16.2. The highest BCUT2D eigenvalue weighted by atomic mass is 16.3. The molecule has 8 heteroatoms. The van der Waals surface area contributed by atoms with Crippen molar-refractivity contribution < 1.29 is 14.0 Å². The van der Waals surface area contributed by atoms with Gasteiger partial charge in [-0.25, -0.2) is 4.79 Å². The lowest BCUT2D eigenvalue weighted by atomic mass is 10.1. The number of H-pyrrole nitrogens is 1. The van der Waals surface area contributed by atoms with Crippen molar-refractivity contribution in [1.82, 2.24) is 20.4 Å². The number of carbonyl (C=O) groups is 2. The topological polar surface area (TPSA) is 103 Å². The number of aromatic amines is 1. The van der Waals surface area contributed by atoms with Crippen LogP contribution in [0.2, 0.25) is 0 Å². The molecule has 1 aliphatic heterocycles. The van der Waals surface area contributed by atoms with Crippen molar-refractivity contribution in [2.24, 2.45) is 0 Å². The van der Waals surface area contributed by atoms with Gasteiger partial charge in [0.1, 0.15) is 0 Å². The van der Waals surface area contributed by atoms with Gasteiger partial charge in [-0.1, -0.05) is 0 Å². The molecule has 3 N–H and O–H groups in total. The maximum absolute atomic E-state index is 12.1. The number of urea groups is 1. The number of aromatic nitrogens is 2. The second kappa shape index (κ2) is 6.55. The number of rotatable bonds is 3. The van der Waals surface area contributed by atoms with E-state index in [-0.39, 0.29) is 18.0 Å². The van der Waals surface area contributed by atoms with Crippen molar-refractivity contribution in [3.63, 3.8) is 0 Å². The molecule has 0 saturated carbocycles. The highest BCUT2D eigenvalue weighted by molar-refractivity contribution is 5.93. The summed E-state index contributed by atoms with van der Waals surface area (Å²) in [4.78, 5) is 25.9. The normalized spacial score (nSPS) is 15.4. The first-order chi connectivity index (χ1) is 11.1. The summed E-state index contributed by atoms with van der Waals surface area (Å²) >= 11 is 0. The summed E-state index contributed by atoms with van der Waals surface area (Å²) in [6, 6.07) is 1.65. The Morgan fingerprint density at radius 2 is 2.17 bits per heavy atom. The Morgan fingerprint density at radius 1 is 1.39 bits per heavy atom. The molecule has 0 unspecified atom stereocenters. The van der Waals surface area contributed by atoms with Gasteiger partial charge in [-0.2, -0.15) is 5.10 Å². The summed E-state index contributed by atoms with van der Waals surface area (Å²) in [6.07, 6.45) is 6.11. The molecule has 122 valence electrons. The Morgan fingerprint density at radius 3 is 2.78 bits per heavy atom. The number of nitrogens with zero attached hydrogens (tertiary/aromatic N) is 2. The molecule has 8 nitrogen and oxygen atoms in total. The van der Waals surface area contributed by atoms with E-state index < -0.39 is 0 Å². The first-order valence-corrected chi connectivity index (χ1v) is 7.53. The van der Waals surface area contributed by atoms with Gasteiger partial charge in [-0.15, -0.1) is 0 Å². The van der Waals surface area contributed by atoms with E-state index >= 15 is 0 Å². The van der Waals surface area contributed by atoms with E-state index in [2.05, 4.69) is 20.8 Å². The van der Waals surface area contributed by atoms with Crippen LogP contribution in [0.25, 0.3) is 0 Å². The highest BCUT2D eigenvalue weighted by Crippen LogP contribution is 2.14. The van der Waals surface area contributed by atoms with E-state index in [1.807, 2.05) is 6.92 Å². The molecule has 1 saturated heterocycles. The van der Waals surface area contributed by atoms with Crippen molar-refractivity contribution in [2.45, 2.75) is 25.8 Å². The van der Waals surface area contributed by atoms with Crippen molar-refractivity contribution in [2.75, 3.05) is 18.4 Å². The summed E-state index contributed by atoms with van der Waals surface area (Å²) in [5, 5.41) is 12.2. The summed E-state index contributed by atoms with van der Waals surface area (Å²) < 4.78 is 5.19. The minimum Gasteiger partial charge on any atom is -0.459 e. The Labute approximate surface area is 133 Å². The first kappa shape index (κ1) is 15.1. The third-order valence-corrected chi connectivity index (χ3v) is 3.94. The third kappa shape index (κ3) is 3.53. The number of likely N-dealkylation sites (tertiary alicyclic amines) is 1. The number of hydrogen-bond donors (Lipinski definition) is 3. The fourth-order valence-electron chi connectivity index (χ4n) is 2.60. The quantitative estimate of drug-likeness (QED) is 0.802. The molecular formula is C15H19N5O3. The number of anilines is 1. The lowest BCUT2D eigenvalue weighted by molar-refractivity contribution is 0.0890. The number of nitrogens with one attached hydrogen (secondary N) is 3. The molecule has 0 aliphatic carbocycles. The summed E-state index contributed by atoms with van der Waals surface area (Å²) in [7, 11) is 0. The van der Waals surface area contributed by atoms with E-state index in [1.54, 1.807) is 23.4 Å². The van der Waals surface area contributed by atoms with Crippen LogP contribution >= 0.6 is 0 Å². The molecule has 1 fully saturated rings. The predicted octanol–water partition coefficient (Wildman–Crippen LogP) is 1.74. The van der Waals surface area contributed by atoms with Crippen molar-refractivity contribution in [3.05, 3.63) is 36.0 Å². The molecule has 2 aromatic rings. The minimum atomic E-state index is -0.200. The van der Waals surface area contributed by atoms with Gasteiger partial charge in [0.15, 0.2) is 5.76 Å². The Hall–Kier alpha value is -2.77. The smallest absolute Gasteiger partial charge is 0.321 e. The van der Waals surface area contributed by atoms with Gasteiger partial charge in [-0.3, -0.25) is 9.89 Å². The molecule has 0 bridgehead atoms. The fourth-order valence-corrected chi connectivity index (χ4v) is 2.60. The monoisotopic (exact) mass is 317 g/mol. The van der Waals surface area contributed by atoms with Crippen LogP contribution in [-0.4, -0.2) is 46.2 Å². The van der Waals surface area contributed by atoms with Crippen LogP contribution in [0.5, 0.6) is 0 Å². The lowest BCUT2D eigenvalue weighted by Crippen LogP contribution is -2.47. The number of hydrogen-bond acceptors (Lipinski definition) is 4. The largest absolute Gasteiger partial charge is 0.459 e. The van der Waals surface area contributed by atoms with Gasteiger partial charge < -0.3 is 20.0 Å². The Balaban J connectivity index is 1.47. The van der Waals surface area contributed by atoms with Gasteiger partial charge in [0, 0.05) is 30.9 Å². The van der Waals surface area contributed by atoms with Gasteiger partial charge in [0.25, 0.3) is 5.91 Å². The summed E-state index contributed by atoms with van der Waals surface area (Å²) in [5.74, 6) is 0.152. The highest BCUT2D eigenvalue weighted by Gasteiger charge is 2.25. The van der Waals surface area contributed by atoms with Crippen LogP contribution in [0.1, 0.15) is 29.0 Å². The molecule has 0 spiro atoms. The number of aryl methyl sites for hydroxylation is 1. The molecule has 0 radical (unpaired) electrons. The number of amides is 3. The van der Waals surface area contributed by atoms with Crippen LogP contribution in [-0.2, 0) is 0 Å². The van der Waals surface area contributed by atoms with Gasteiger partial charge in [0.2, 0.25) is 0 Å². The van der Waals surface area contributed by atoms with Gasteiger partial charge in [0.05, 0.1) is 18.1 Å². The SMILES string of the molecule is Cc1ccoc1C(=O)NC1CCN(C(=O)Nc2cn[nH]c2)CC1. The number of furan rings is 1. The van der Waals surface area contributed by atoms with Crippen LogP contribution in [0.3, 0.4) is 0 Å². The van der Waals surface area contributed by atoms with Gasteiger partial charge >= 0.3 is 6.03 Å². The molecule has 0 aromatic carbocycles. The molecule has 23 heavy (non-hydrogen) atoms. The lowest BCUT2D eigenvalue weighted by Gasteiger charge is -2.32. The number of carbonyl (C=O) groups excluding carboxylic acids is 2. The second-order valence-corrected chi connectivity index (χ2v) is 5.58. The van der Waals surface area contributed by atoms with Crippen LogP contribution < -0.4 is 10.6 Å². The zero-order valence-electron chi connectivity index (χ0n) is 12.8. The summed E-state index contributed by atoms with van der Waals surface area (Å²) in [5.41, 5.74) is 1.46. The van der Waals surface area contributed by atoms with E-state index in [0.29, 0.717) is 37.4 Å². The van der Waals surface area contributed by atoms with Crippen molar-refractivity contribution in [1.29, 1.82) is 0 Å². The zero-order valence-corrected chi connectivity index (χ0v) is 12.8. The molecule has 1 aliphatic rings. The maximum atomic E-state index is 12.1. The first-order valence-electron chi connectivity index (χ1n) is 7.53. The predicted molar refractivity (Wildman–Crippen MR) is 83.1 cm³/mol. The Bertz CT molecular complexity index is 671. The van der Waals surface area contributed by atoms with Crippen LogP contribution in [0.15, 0.2) is 29.1 Å². The van der Waals surface area contributed by atoms with Crippen molar-refractivity contribution >= 4 is 17.6 Å². The summed E-state index contributed by atoms with van der Waals surface area (Å²) in [6.45, 7) is 3.01. The van der Waals surface area contributed by atoms with E-state index in [4.69, 9.17) is 4.42 Å². The standard InChI is InChI=1S/C15H19N5O3/c1-10-4-7-23-13(10)14(21)18-11-2-5-20(6-3-11)15(22)19-12-8-16-17-9-12/h4,7-9,11H,2-3,5-6H2,1H3,(H,16,17)(H,18,21)(H,19,22). The average molecular weight is 317 g/mol. The third-order valence-electron chi connectivity index (χ3n) is 3.94. The van der Waals surface area contributed by atoms with E-state index in [9.17, 15) is 9.59 Å². The minimum absolute atomic E-state index is 0.0463. The molecule has 0 atom stereocenters. The van der Waals surface area contributed by atoms with E-state index in [0.717, 1.165) is 5.56 Å². The molecule has 3 amide bonds. The fraction of sp³-hybridized carbons (Fsp3) is 0.400. The molecule has 3 heterocycles. The number of piperidine rings is 1. The van der Waals surface area contributed by atoms with Crippen LogP contribution in [0, 0.1) is 6.92 Å².